The van der Waals surface area contributed by atoms with Gasteiger partial charge in [0.1, 0.15) is 5.82 Å². The highest BCUT2D eigenvalue weighted by atomic mass is 16.1. The number of rotatable bonds is 6. The lowest BCUT2D eigenvalue weighted by molar-refractivity contribution is 0.0956. The van der Waals surface area contributed by atoms with E-state index >= 15 is 0 Å². The van der Waals surface area contributed by atoms with Gasteiger partial charge in [-0.2, -0.15) is 0 Å². The summed E-state index contributed by atoms with van der Waals surface area (Å²) < 4.78 is 1.98. The van der Waals surface area contributed by atoms with Crippen LogP contribution in [0.2, 0.25) is 0 Å². The summed E-state index contributed by atoms with van der Waals surface area (Å²) in [5, 5.41) is 6.03. The molecule has 0 aliphatic heterocycles. The minimum atomic E-state index is -0.0929. The highest BCUT2D eigenvalue weighted by molar-refractivity contribution is 5.96. The molecule has 4 N–H and O–H groups in total. The molecule has 2 rings (SSSR count). The van der Waals surface area contributed by atoms with Crippen LogP contribution in [0.25, 0.3) is 0 Å². The van der Waals surface area contributed by atoms with Gasteiger partial charge in [-0.1, -0.05) is 0 Å². The van der Waals surface area contributed by atoms with E-state index in [0.29, 0.717) is 24.3 Å². The van der Waals surface area contributed by atoms with E-state index in [0.717, 1.165) is 17.9 Å². The molecule has 1 amide bonds. The molecule has 0 saturated heterocycles. The number of amides is 1. The summed E-state index contributed by atoms with van der Waals surface area (Å²) in [7, 11) is 1.96. The standard InChI is InChI=1S/C15H21N5O/c1-3-17-15(21)11-4-5-12(16)13(10-11)18-7-6-14-19-8-9-20(14)2/h4-5,8-10,18H,3,6-7,16H2,1-2H3,(H,17,21). The molecule has 0 bridgehead atoms. The summed E-state index contributed by atoms with van der Waals surface area (Å²) >= 11 is 0. The van der Waals surface area contributed by atoms with Gasteiger partial charge in [0, 0.05) is 44.5 Å². The third kappa shape index (κ3) is 3.75. The van der Waals surface area contributed by atoms with Gasteiger partial charge in [0.05, 0.1) is 11.4 Å². The van der Waals surface area contributed by atoms with Gasteiger partial charge in [0.15, 0.2) is 0 Å². The van der Waals surface area contributed by atoms with Crippen molar-refractivity contribution < 1.29 is 4.79 Å². The van der Waals surface area contributed by atoms with Crippen LogP contribution < -0.4 is 16.4 Å². The molecule has 0 atom stereocenters. The molecule has 1 heterocycles. The zero-order valence-corrected chi connectivity index (χ0v) is 12.4. The van der Waals surface area contributed by atoms with Crippen molar-refractivity contribution in [3.63, 3.8) is 0 Å². The second-order valence-corrected chi connectivity index (χ2v) is 4.79. The Kier molecular flexibility index (Phi) is 4.81. The average Bonchev–Trinajstić information content (AvgIpc) is 2.87. The van der Waals surface area contributed by atoms with Gasteiger partial charge in [-0.15, -0.1) is 0 Å². The summed E-state index contributed by atoms with van der Waals surface area (Å²) in [5.74, 6) is 0.908. The van der Waals surface area contributed by atoms with Gasteiger partial charge in [0.2, 0.25) is 0 Å². The third-order valence-electron chi connectivity index (χ3n) is 3.24. The maximum atomic E-state index is 11.8. The molecule has 2 aromatic rings. The Morgan fingerprint density at radius 2 is 2.24 bits per heavy atom. The van der Waals surface area contributed by atoms with Crippen molar-refractivity contribution in [1.82, 2.24) is 14.9 Å². The average molecular weight is 287 g/mol. The van der Waals surface area contributed by atoms with Crippen molar-refractivity contribution >= 4 is 17.3 Å². The molecule has 0 unspecified atom stereocenters. The lowest BCUT2D eigenvalue weighted by atomic mass is 10.1. The number of hydrogen-bond acceptors (Lipinski definition) is 4. The maximum Gasteiger partial charge on any atom is 0.251 e. The zero-order valence-electron chi connectivity index (χ0n) is 12.4. The molecular formula is C15H21N5O. The van der Waals surface area contributed by atoms with E-state index in [1.165, 1.54) is 0 Å². The van der Waals surface area contributed by atoms with E-state index in [1.54, 1.807) is 24.4 Å². The lowest BCUT2D eigenvalue weighted by Gasteiger charge is -2.11. The Bertz CT molecular complexity index is 620. The van der Waals surface area contributed by atoms with E-state index in [1.807, 2.05) is 24.7 Å². The van der Waals surface area contributed by atoms with Gasteiger partial charge >= 0.3 is 0 Å². The number of aromatic nitrogens is 2. The Morgan fingerprint density at radius 1 is 1.43 bits per heavy atom. The molecule has 0 spiro atoms. The number of carbonyl (C=O) groups excluding carboxylic acids is 1. The molecule has 21 heavy (non-hydrogen) atoms. The number of aryl methyl sites for hydroxylation is 1. The molecule has 0 saturated carbocycles. The largest absolute Gasteiger partial charge is 0.397 e. The van der Waals surface area contributed by atoms with Crippen LogP contribution in [0, 0.1) is 0 Å². The number of carbonyl (C=O) groups is 1. The molecule has 0 radical (unpaired) electrons. The molecule has 0 aliphatic carbocycles. The molecule has 0 fully saturated rings. The normalized spacial score (nSPS) is 10.4. The third-order valence-corrected chi connectivity index (χ3v) is 3.24. The first-order valence-corrected chi connectivity index (χ1v) is 6.99. The molecule has 6 nitrogen and oxygen atoms in total. The highest BCUT2D eigenvalue weighted by Gasteiger charge is 2.07. The van der Waals surface area contributed by atoms with Crippen LogP contribution in [0.15, 0.2) is 30.6 Å². The van der Waals surface area contributed by atoms with Crippen LogP contribution in [0.3, 0.4) is 0 Å². The molecule has 6 heteroatoms. The monoisotopic (exact) mass is 287 g/mol. The Labute approximate surface area is 124 Å². The summed E-state index contributed by atoms with van der Waals surface area (Å²) in [5.41, 5.74) is 7.94. The number of nitrogens with zero attached hydrogens (tertiary/aromatic N) is 2. The van der Waals surface area contributed by atoms with Crippen molar-refractivity contribution in [2.24, 2.45) is 7.05 Å². The number of nitrogens with two attached hydrogens (primary N) is 1. The van der Waals surface area contributed by atoms with Crippen molar-refractivity contribution in [3.05, 3.63) is 42.0 Å². The molecule has 112 valence electrons. The van der Waals surface area contributed by atoms with Gasteiger partial charge < -0.3 is 20.9 Å². The SMILES string of the molecule is CCNC(=O)c1ccc(N)c(NCCc2nccn2C)c1. The lowest BCUT2D eigenvalue weighted by Crippen LogP contribution is -2.22. The number of nitrogens with one attached hydrogen (secondary N) is 2. The van der Waals surface area contributed by atoms with Crippen molar-refractivity contribution in [2.75, 3.05) is 24.1 Å². The summed E-state index contributed by atoms with van der Waals surface area (Å²) in [6, 6.07) is 5.25. The van der Waals surface area contributed by atoms with Crippen molar-refractivity contribution in [1.29, 1.82) is 0 Å². The number of imidazole rings is 1. The van der Waals surface area contributed by atoms with Crippen LogP contribution in [-0.4, -0.2) is 28.5 Å². The van der Waals surface area contributed by atoms with E-state index < -0.39 is 0 Å². The molecule has 0 aliphatic rings. The smallest absolute Gasteiger partial charge is 0.251 e. The molecule has 1 aromatic carbocycles. The maximum absolute atomic E-state index is 11.8. The Hall–Kier alpha value is -2.50. The molecular weight excluding hydrogens is 266 g/mol. The topological polar surface area (TPSA) is 85.0 Å². The number of anilines is 2. The summed E-state index contributed by atoms with van der Waals surface area (Å²) in [6.07, 6.45) is 4.48. The van der Waals surface area contributed by atoms with Crippen molar-refractivity contribution in [2.45, 2.75) is 13.3 Å². The number of hydrogen-bond donors (Lipinski definition) is 3. The van der Waals surface area contributed by atoms with Gasteiger partial charge in [-0.05, 0) is 25.1 Å². The van der Waals surface area contributed by atoms with E-state index in [2.05, 4.69) is 15.6 Å². The predicted molar refractivity (Wildman–Crippen MR) is 84.3 cm³/mol. The van der Waals surface area contributed by atoms with E-state index in [9.17, 15) is 4.79 Å². The second kappa shape index (κ2) is 6.78. The Morgan fingerprint density at radius 3 is 2.90 bits per heavy atom. The van der Waals surface area contributed by atoms with Crippen molar-refractivity contribution in [3.8, 4) is 0 Å². The van der Waals surface area contributed by atoms with Gasteiger partial charge in [-0.25, -0.2) is 4.98 Å². The second-order valence-electron chi connectivity index (χ2n) is 4.79. The van der Waals surface area contributed by atoms with Crippen LogP contribution in [0.1, 0.15) is 23.1 Å². The molecule has 1 aromatic heterocycles. The highest BCUT2D eigenvalue weighted by Crippen LogP contribution is 2.20. The van der Waals surface area contributed by atoms with Gasteiger partial charge in [0.25, 0.3) is 5.91 Å². The zero-order chi connectivity index (χ0) is 15.2. The fourth-order valence-corrected chi connectivity index (χ4v) is 2.06. The first-order valence-electron chi connectivity index (χ1n) is 6.99. The van der Waals surface area contributed by atoms with E-state index in [-0.39, 0.29) is 5.91 Å². The van der Waals surface area contributed by atoms with Crippen LogP contribution in [0.4, 0.5) is 11.4 Å². The van der Waals surface area contributed by atoms with Crippen LogP contribution >= 0.6 is 0 Å². The first kappa shape index (κ1) is 14.9. The Balaban J connectivity index is 2.00. The minimum absolute atomic E-state index is 0.0929. The predicted octanol–water partition coefficient (Wildman–Crippen LogP) is 1.41. The van der Waals surface area contributed by atoms with Gasteiger partial charge in [-0.3, -0.25) is 4.79 Å². The first-order chi connectivity index (χ1) is 10.1. The summed E-state index contributed by atoms with van der Waals surface area (Å²) in [6.45, 7) is 3.19. The fourth-order valence-electron chi connectivity index (χ4n) is 2.06. The number of benzene rings is 1. The van der Waals surface area contributed by atoms with E-state index in [4.69, 9.17) is 5.73 Å². The van der Waals surface area contributed by atoms with Crippen LogP contribution in [-0.2, 0) is 13.5 Å². The van der Waals surface area contributed by atoms with Crippen LogP contribution in [0.5, 0.6) is 0 Å². The summed E-state index contributed by atoms with van der Waals surface area (Å²) in [4.78, 5) is 16.1. The fraction of sp³-hybridized carbons (Fsp3) is 0.333. The number of nitrogen functional groups attached to an aromatic ring is 1. The minimum Gasteiger partial charge on any atom is -0.397 e. The quantitative estimate of drug-likeness (QED) is 0.701.